The number of rotatable bonds is 3. The molecule has 1 heterocycles. The van der Waals surface area contributed by atoms with E-state index in [0.29, 0.717) is 21.8 Å². The molecule has 1 aromatic heterocycles. The van der Waals surface area contributed by atoms with Crippen molar-refractivity contribution in [2.75, 3.05) is 5.32 Å². The van der Waals surface area contributed by atoms with Crippen molar-refractivity contribution in [3.05, 3.63) is 83.5 Å². The minimum Gasteiger partial charge on any atom is -0.443 e. The van der Waals surface area contributed by atoms with Gasteiger partial charge in [0.05, 0.1) is 10.6 Å². The smallest absolute Gasteiger partial charge is 0.258 e. The number of carbonyl (C=O) groups excluding carboxylic acids is 1. The van der Waals surface area contributed by atoms with Crippen LogP contribution in [-0.2, 0) is 0 Å². The zero-order valence-corrected chi connectivity index (χ0v) is 14.1. The summed E-state index contributed by atoms with van der Waals surface area (Å²) < 4.78 is 18.9. The van der Waals surface area contributed by atoms with Gasteiger partial charge in [-0.3, -0.25) is 4.79 Å². The average molecular weight is 367 g/mol. The van der Waals surface area contributed by atoms with Crippen LogP contribution in [0.15, 0.2) is 71.5 Å². The molecule has 4 nitrogen and oxygen atoms in total. The maximum Gasteiger partial charge on any atom is 0.258 e. The minimum absolute atomic E-state index is 0.00361. The third kappa shape index (κ3) is 3.05. The van der Waals surface area contributed by atoms with Crippen molar-refractivity contribution in [1.82, 2.24) is 4.98 Å². The van der Waals surface area contributed by atoms with Crippen LogP contribution in [-0.4, -0.2) is 10.9 Å². The first-order chi connectivity index (χ1) is 12.6. The molecule has 0 aliphatic carbocycles. The van der Waals surface area contributed by atoms with E-state index in [4.69, 9.17) is 16.0 Å². The van der Waals surface area contributed by atoms with E-state index in [9.17, 15) is 9.18 Å². The molecule has 6 heteroatoms. The second kappa shape index (κ2) is 6.61. The Bertz CT molecular complexity index is 1110. The SMILES string of the molecule is O=C(Nc1ccc(-c2cc3ncoc3cc2Cl)cc1)c1ccccc1F. The molecule has 4 rings (SSSR count). The van der Waals surface area contributed by atoms with Crippen molar-refractivity contribution in [3.63, 3.8) is 0 Å². The van der Waals surface area contributed by atoms with E-state index in [1.54, 1.807) is 24.3 Å². The van der Waals surface area contributed by atoms with Gasteiger partial charge < -0.3 is 9.73 Å². The van der Waals surface area contributed by atoms with Gasteiger partial charge in [0.15, 0.2) is 12.0 Å². The first kappa shape index (κ1) is 16.3. The summed E-state index contributed by atoms with van der Waals surface area (Å²) in [5.74, 6) is -1.06. The lowest BCUT2D eigenvalue weighted by atomic mass is 10.0. The molecule has 0 aliphatic heterocycles. The predicted molar refractivity (Wildman–Crippen MR) is 98.8 cm³/mol. The highest BCUT2D eigenvalue weighted by molar-refractivity contribution is 6.34. The summed E-state index contributed by atoms with van der Waals surface area (Å²) in [6, 6.07) is 16.5. The first-order valence-corrected chi connectivity index (χ1v) is 8.19. The molecular formula is C20H12ClFN2O2. The fourth-order valence-corrected chi connectivity index (χ4v) is 2.94. The lowest BCUT2D eigenvalue weighted by Gasteiger charge is -2.08. The average Bonchev–Trinajstić information content (AvgIpc) is 3.09. The summed E-state index contributed by atoms with van der Waals surface area (Å²) in [7, 11) is 0. The Labute approximate surface area is 153 Å². The van der Waals surface area contributed by atoms with Crippen LogP contribution in [0.25, 0.3) is 22.2 Å². The van der Waals surface area contributed by atoms with Crippen LogP contribution in [0, 0.1) is 5.82 Å². The summed E-state index contributed by atoms with van der Waals surface area (Å²) in [4.78, 5) is 16.3. The molecule has 0 radical (unpaired) electrons. The van der Waals surface area contributed by atoms with Gasteiger partial charge in [0.1, 0.15) is 11.3 Å². The molecule has 0 saturated carbocycles. The molecular weight excluding hydrogens is 355 g/mol. The van der Waals surface area contributed by atoms with Gasteiger partial charge in [-0.25, -0.2) is 9.37 Å². The molecule has 0 unspecified atom stereocenters. The van der Waals surface area contributed by atoms with E-state index < -0.39 is 11.7 Å². The van der Waals surface area contributed by atoms with Crippen molar-refractivity contribution in [2.24, 2.45) is 0 Å². The van der Waals surface area contributed by atoms with E-state index >= 15 is 0 Å². The first-order valence-electron chi connectivity index (χ1n) is 7.81. The van der Waals surface area contributed by atoms with Gasteiger partial charge in [-0.2, -0.15) is 0 Å². The number of amides is 1. The van der Waals surface area contributed by atoms with Crippen LogP contribution < -0.4 is 5.32 Å². The van der Waals surface area contributed by atoms with E-state index in [2.05, 4.69) is 10.3 Å². The Kier molecular flexibility index (Phi) is 4.14. The third-order valence-corrected chi connectivity index (χ3v) is 4.31. The highest BCUT2D eigenvalue weighted by Crippen LogP contribution is 2.32. The van der Waals surface area contributed by atoms with Crippen LogP contribution in [0.2, 0.25) is 5.02 Å². The van der Waals surface area contributed by atoms with Crippen molar-refractivity contribution in [3.8, 4) is 11.1 Å². The Balaban J connectivity index is 1.59. The fraction of sp³-hybridized carbons (Fsp3) is 0. The van der Waals surface area contributed by atoms with Crippen molar-refractivity contribution in [1.29, 1.82) is 0 Å². The number of hydrogen-bond acceptors (Lipinski definition) is 3. The zero-order chi connectivity index (χ0) is 18.1. The molecule has 26 heavy (non-hydrogen) atoms. The Morgan fingerprint density at radius 2 is 1.85 bits per heavy atom. The van der Waals surface area contributed by atoms with Crippen LogP contribution in [0.3, 0.4) is 0 Å². The lowest BCUT2D eigenvalue weighted by Crippen LogP contribution is -2.13. The quantitative estimate of drug-likeness (QED) is 0.518. The molecule has 4 aromatic rings. The van der Waals surface area contributed by atoms with Gasteiger partial charge in [0.2, 0.25) is 0 Å². The number of hydrogen-bond donors (Lipinski definition) is 1. The molecule has 0 bridgehead atoms. The Morgan fingerprint density at radius 1 is 1.08 bits per heavy atom. The number of nitrogens with zero attached hydrogens (tertiary/aromatic N) is 1. The van der Waals surface area contributed by atoms with Gasteiger partial charge >= 0.3 is 0 Å². The summed E-state index contributed by atoms with van der Waals surface area (Å²) in [5.41, 5.74) is 3.55. The molecule has 1 amide bonds. The molecule has 0 atom stereocenters. The Hall–Kier alpha value is -3.18. The van der Waals surface area contributed by atoms with Crippen molar-refractivity contribution >= 4 is 34.3 Å². The lowest BCUT2D eigenvalue weighted by molar-refractivity contribution is 0.102. The topological polar surface area (TPSA) is 55.1 Å². The highest BCUT2D eigenvalue weighted by Gasteiger charge is 2.12. The number of aromatic nitrogens is 1. The molecule has 3 aromatic carbocycles. The molecule has 1 N–H and O–H groups in total. The number of anilines is 1. The predicted octanol–water partition coefficient (Wildman–Crippen LogP) is 5.54. The van der Waals surface area contributed by atoms with Gasteiger partial charge in [-0.15, -0.1) is 0 Å². The normalized spacial score (nSPS) is 10.8. The second-order valence-corrected chi connectivity index (χ2v) is 6.07. The maximum atomic E-state index is 13.7. The van der Waals surface area contributed by atoms with Crippen LogP contribution >= 0.6 is 11.6 Å². The summed E-state index contributed by atoms with van der Waals surface area (Å²) >= 11 is 6.32. The number of halogens is 2. The zero-order valence-electron chi connectivity index (χ0n) is 13.4. The summed E-state index contributed by atoms with van der Waals surface area (Å²) in [5, 5.41) is 3.22. The van der Waals surface area contributed by atoms with E-state index in [0.717, 1.165) is 11.1 Å². The number of carbonyl (C=O) groups is 1. The molecule has 0 spiro atoms. The largest absolute Gasteiger partial charge is 0.443 e. The summed E-state index contributed by atoms with van der Waals surface area (Å²) in [6.45, 7) is 0. The van der Waals surface area contributed by atoms with Crippen molar-refractivity contribution in [2.45, 2.75) is 0 Å². The van der Waals surface area contributed by atoms with Gasteiger partial charge in [-0.1, -0.05) is 35.9 Å². The summed E-state index contributed by atoms with van der Waals surface area (Å²) in [6.07, 6.45) is 1.37. The number of benzene rings is 3. The van der Waals surface area contributed by atoms with E-state index in [-0.39, 0.29) is 5.56 Å². The highest BCUT2D eigenvalue weighted by atomic mass is 35.5. The molecule has 0 aliphatic rings. The molecule has 0 fully saturated rings. The monoisotopic (exact) mass is 366 g/mol. The number of fused-ring (bicyclic) bond motifs is 1. The van der Waals surface area contributed by atoms with Crippen LogP contribution in [0.4, 0.5) is 10.1 Å². The third-order valence-electron chi connectivity index (χ3n) is 3.99. The van der Waals surface area contributed by atoms with Gasteiger partial charge in [0, 0.05) is 17.3 Å². The second-order valence-electron chi connectivity index (χ2n) is 5.66. The van der Waals surface area contributed by atoms with Gasteiger partial charge in [0.25, 0.3) is 5.91 Å². The Morgan fingerprint density at radius 3 is 2.62 bits per heavy atom. The van der Waals surface area contributed by atoms with Crippen molar-refractivity contribution < 1.29 is 13.6 Å². The minimum atomic E-state index is -0.561. The molecule has 128 valence electrons. The van der Waals surface area contributed by atoms with Crippen LogP contribution in [0.5, 0.6) is 0 Å². The number of nitrogens with one attached hydrogen (secondary N) is 1. The van der Waals surface area contributed by atoms with E-state index in [1.165, 1.54) is 24.6 Å². The molecule has 0 saturated heterocycles. The van der Waals surface area contributed by atoms with Gasteiger partial charge in [-0.05, 0) is 35.9 Å². The van der Waals surface area contributed by atoms with Crippen LogP contribution in [0.1, 0.15) is 10.4 Å². The maximum absolute atomic E-state index is 13.7. The number of oxazole rings is 1. The standard InChI is InChI=1S/C20H12ClFN2O2/c21-16-10-19-18(23-11-26-19)9-15(16)12-5-7-13(8-6-12)24-20(25)14-3-1-2-4-17(14)22/h1-11H,(H,24,25). The van der Waals surface area contributed by atoms with E-state index in [1.807, 2.05) is 18.2 Å². The fourth-order valence-electron chi connectivity index (χ4n) is 2.68.